The van der Waals surface area contributed by atoms with Crippen molar-refractivity contribution in [2.45, 2.75) is 39.2 Å². The minimum absolute atomic E-state index is 0.167. The van der Waals surface area contributed by atoms with Crippen molar-refractivity contribution in [3.8, 4) is 17.2 Å². The summed E-state index contributed by atoms with van der Waals surface area (Å²) in [6.07, 6.45) is 3.45. The minimum atomic E-state index is -3.18. The molecule has 0 atom stereocenters. The Kier molecular flexibility index (Phi) is 8.61. The number of nitrogens with zero attached hydrogens (tertiary/aromatic N) is 2. The zero-order chi connectivity index (χ0) is 24.7. The minimum Gasteiger partial charge on any atom is -0.494 e. The number of rotatable bonds is 10. The smallest absolute Gasteiger partial charge is 0.387 e. The molecule has 0 aliphatic carbocycles. The Morgan fingerprint density at radius 3 is 2.41 bits per heavy atom. The van der Waals surface area contributed by atoms with E-state index in [9.17, 15) is 23.7 Å². The summed E-state index contributed by atoms with van der Waals surface area (Å²) in [5, 5.41) is 11.5. The number of likely N-dealkylation sites (tertiary alicyclic amines) is 1. The summed E-state index contributed by atoms with van der Waals surface area (Å²) in [6, 6.07) is 9.92. The fraction of sp³-hybridized carbons (Fsp3) is 0.458. The van der Waals surface area contributed by atoms with Crippen LogP contribution < -0.4 is 14.2 Å². The zero-order valence-corrected chi connectivity index (χ0v) is 19.2. The number of nitro benzene ring substituents is 1. The summed E-state index contributed by atoms with van der Waals surface area (Å²) in [6.45, 7) is 0.302. The number of hydrogen-bond donors (Lipinski definition) is 0. The highest BCUT2D eigenvalue weighted by Gasteiger charge is 2.31. The highest BCUT2D eigenvalue weighted by atomic mass is 19.3. The number of benzene rings is 2. The third-order valence-corrected chi connectivity index (χ3v) is 5.90. The summed E-state index contributed by atoms with van der Waals surface area (Å²) in [7, 11) is 1.21. The van der Waals surface area contributed by atoms with Crippen molar-refractivity contribution in [2.75, 3.05) is 26.8 Å². The number of ether oxygens (including phenoxy) is 3. The molecule has 0 unspecified atom stereocenters. The molecule has 3 rings (SSSR count). The van der Waals surface area contributed by atoms with Crippen molar-refractivity contribution in [3.05, 3.63) is 57.6 Å². The van der Waals surface area contributed by atoms with Gasteiger partial charge in [-0.2, -0.15) is 8.78 Å². The molecule has 1 aliphatic heterocycles. The largest absolute Gasteiger partial charge is 0.494 e. The van der Waals surface area contributed by atoms with Gasteiger partial charge < -0.3 is 19.1 Å². The van der Waals surface area contributed by atoms with Gasteiger partial charge in [-0.15, -0.1) is 0 Å². The summed E-state index contributed by atoms with van der Waals surface area (Å²) in [5.41, 5.74) is 0.408. The van der Waals surface area contributed by atoms with Gasteiger partial charge in [0.2, 0.25) is 0 Å². The topological polar surface area (TPSA) is 91.1 Å². The number of halogens is 2. The molecule has 1 amide bonds. The van der Waals surface area contributed by atoms with Crippen molar-refractivity contribution in [3.63, 3.8) is 0 Å². The Balaban J connectivity index is 1.62. The van der Waals surface area contributed by atoms with Crippen LogP contribution >= 0.6 is 0 Å². The van der Waals surface area contributed by atoms with Gasteiger partial charge in [-0.25, -0.2) is 0 Å². The van der Waals surface area contributed by atoms with E-state index in [4.69, 9.17) is 9.47 Å². The van der Waals surface area contributed by atoms with Gasteiger partial charge in [0.25, 0.3) is 11.6 Å². The van der Waals surface area contributed by atoms with Crippen LogP contribution in [0.15, 0.2) is 36.4 Å². The highest BCUT2D eigenvalue weighted by molar-refractivity contribution is 5.99. The lowest BCUT2D eigenvalue weighted by atomic mass is 9.90. The first kappa shape index (κ1) is 25.2. The Morgan fingerprint density at radius 1 is 1.18 bits per heavy atom. The number of methoxy groups -OCH3 is 1. The molecular weight excluding hydrogens is 450 g/mol. The molecule has 10 heteroatoms. The van der Waals surface area contributed by atoms with Crippen LogP contribution in [0.1, 0.15) is 42.1 Å². The van der Waals surface area contributed by atoms with Crippen LogP contribution in [0.4, 0.5) is 14.5 Å². The molecule has 0 spiro atoms. The van der Waals surface area contributed by atoms with Gasteiger partial charge in [0, 0.05) is 19.2 Å². The molecule has 2 aromatic rings. The van der Waals surface area contributed by atoms with Gasteiger partial charge in [0.05, 0.1) is 24.7 Å². The summed E-state index contributed by atoms with van der Waals surface area (Å²) < 4.78 is 40.1. The molecule has 1 aliphatic rings. The van der Waals surface area contributed by atoms with E-state index in [1.54, 1.807) is 4.90 Å². The lowest BCUT2D eigenvalue weighted by molar-refractivity contribution is -0.385. The maximum atomic E-state index is 13.1. The first-order chi connectivity index (χ1) is 16.3. The number of amides is 1. The van der Waals surface area contributed by atoms with Crippen LogP contribution in [0.2, 0.25) is 0 Å². The first-order valence-electron chi connectivity index (χ1n) is 11.1. The molecule has 34 heavy (non-hydrogen) atoms. The quantitative estimate of drug-likeness (QED) is 0.349. The summed E-state index contributed by atoms with van der Waals surface area (Å²) >= 11 is 0. The Hall–Kier alpha value is -3.43. The second-order valence-corrected chi connectivity index (χ2v) is 8.01. The standard InChI is InChI=1S/C24H28F2N2O6/c1-3-33-18-8-6-16(7-9-18)4-5-17-10-12-27(13-11-17)23(29)19-14-21(32-2)22(34-24(25)26)15-20(19)28(30)31/h6-9,14-15,17,24H,3-5,10-13H2,1-2H3. The number of hydrogen-bond acceptors (Lipinski definition) is 6. The molecule has 0 saturated carbocycles. The van der Waals surface area contributed by atoms with E-state index in [1.807, 2.05) is 19.1 Å². The van der Waals surface area contributed by atoms with Gasteiger partial charge in [0.1, 0.15) is 11.3 Å². The number of alkyl halides is 2. The molecule has 1 saturated heterocycles. The van der Waals surface area contributed by atoms with Crippen LogP contribution in [-0.2, 0) is 6.42 Å². The van der Waals surface area contributed by atoms with E-state index in [0.717, 1.165) is 43.6 Å². The fourth-order valence-corrected chi connectivity index (χ4v) is 4.10. The molecule has 1 heterocycles. The maximum Gasteiger partial charge on any atom is 0.387 e. The van der Waals surface area contributed by atoms with Crippen molar-refractivity contribution < 1.29 is 32.7 Å². The number of nitro groups is 1. The van der Waals surface area contributed by atoms with Crippen molar-refractivity contribution in [2.24, 2.45) is 5.92 Å². The third-order valence-electron chi connectivity index (χ3n) is 5.90. The molecule has 0 aromatic heterocycles. The monoisotopic (exact) mass is 478 g/mol. The molecule has 8 nitrogen and oxygen atoms in total. The maximum absolute atomic E-state index is 13.1. The van der Waals surface area contributed by atoms with E-state index < -0.39 is 28.9 Å². The van der Waals surface area contributed by atoms with Crippen LogP contribution in [0.5, 0.6) is 17.2 Å². The normalized spacial score (nSPS) is 14.2. The predicted octanol–water partition coefficient (Wildman–Crippen LogP) is 5.09. The molecule has 0 N–H and O–H groups in total. The second kappa shape index (κ2) is 11.6. The lowest BCUT2D eigenvalue weighted by Crippen LogP contribution is -2.38. The lowest BCUT2D eigenvalue weighted by Gasteiger charge is -2.32. The molecular formula is C24H28F2N2O6. The summed E-state index contributed by atoms with van der Waals surface area (Å²) in [4.78, 5) is 25.4. The Bertz CT molecular complexity index is 992. The van der Waals surface area contributed by atoms with Crippen molar-refractivity contribution in [1.82, 2.24) is 4.90 Å². The van der Waals surface area contributed by atoms with E-state index >= 15 is 0 Å². The highest BCUT2D eigenvalue weighted by Crippen LogP contribution is 2.37. The fourth-order valence-electron chi connectivity index (χ4n) is 4.10. The first-order valence-corrected chi connectivity index (χ1v) is 11.1. The summed E-state index contributed by atoms with van der Waals surface area (Å²) in [5.74, 6) is 0.0892. The van der Waals surface area contributed by atoms with Gasteiger partial charge in [-0.05, 0) is 56.2 Å². The van der Waals surface area contributed by atoms with E-state index in [2.05, 4.69) is 16.9 Å². The zero-order valence-electron chi connectivity index (χ0n) is 19.2. The van der Waals surface area contributed by atoms with E-state index in [-0.39, 0.29) is 11.3 Å². The molecule has 0 bridgehead atoms. The number of aryl methyl sites for hydroxylation is 1. The van der Waals surface area contributed by atoms with E-state index in [0.29, 0.717) is 25.6 Å². The van der Waals surface area contributed by atoms with Crippen molar-refractivity contribution in [1.29, 1.82) is 0 Å². The number of piperidine rings is 1. The molecule has 1 fully saturated rings. The van der Waals surface area contributed by atoms with Gasteiger partial charge in [-0.3, -0.25) is 14.9 Å². The van der Waals surface area contributed by atoms with Gasteiger partial charge in [-0.1, -0.05) is 12.1 Å². The van der Waals surface area contributed by atoms with Crippen LogP contribution in [0, 0.1) is 16.0 Å². The average Bonchev–Trinajstić information content (AvgIpc) is 2.83. The average molecular weight is 478 g/mol. The number of carbonyl (C=O) groups excluding carboxylic acids is 1. The Morgan fingerprint density at radius 2 is 1.85 bits per heavy atom. The van der Waals surface area contributed by atoms with Gasteiger partial charge >= 0.3 is 6.61 Å². The predicted molar refractivity (Wildman–Crippen MR) is 121 cm³/mol. The van der Waals surface area contributed by atoms with Gasteiger partial charge in [0.15, 0.2) is 11.5 Å². The van der Waals surface area contributed by atoms with Crippen molar-refractivity contribution >= 4 is 11.6 Å². The van der Waals surface area contributed by atoms with E-state index in [1.165, 1.54) is 12.7 Å². The number of carbonyl (C=O) groups is 1. The molecule has 2 aromatic carbocycles. The third kappa shape index (κ3) is 6.33. The van der Waals surface area contributed by atoms with Crippen LogP contribution in [-0.4, -0.2) is 49.1 Å². The molecule has 184 valence electrons. The van der Waals surface area contributed by atoms with Crippen LogP contribution in [0.25, 0.3) is 0 Å². The SMILES string of the molecule is CCOc1ccc(CCC2CCN(C(=O)c3cc(OC)c(OC(F)F)cc3[N+](=O)[O-])CC2)cc1. The Labute approximate surface area is 196 Å². The van der Waals surface area contributed by atoms with Crippen LogP contribution in [0.3, 0.4) is 0 Å². The molecule has 0 radical (unpaired) electrons. The second-order valence-electron chi connectivity index (χ2n) is 8.01.